The first-order chi connectivity index (χ1) is 18.2. The van der Waals surface area contributed by atoms with E-state index in [1.807, 2.05) is 61.5 Å². The minimum atomic E-state index is -0.873. The maximum absolute atomic E-state index is 13.5. The number of para-hydroxylation sites is 1. The highest BCUT2D eigenvalue weighted by Crippen LogP contribution is 2.44. The van der Waals surface area contributed by atoms with Crippen LogP contribution in [0.5, 0.6) is 17.2 Å². The monoisotopic (exact) mass is 536 g/mol. The normalized spacial score (nSPS) is 16.5. The first kappa shape index (κ1) is 26.9. The zero-order chi connectivity index (χ0) is 27.6. The van der Waals surface area contributed by atoms with Crippen LogP contribution in [0.15, 0.2) is 66.2 Å². The van der Waals surface area contributed by atoms with E-state index < -0.39 is 23.5 Å². The molecule has 9 heteroatoms. The fourth-order valence-electron chi connectivity index (χ4n) is 4.55. The minimum absolute atomic E-state index is 0.0676. The standard InChI is InChI=1S/C29H29ClN2O6/c1-31(2)19-12-10-17(11-13-19)26-25(27(33)20-14-21(30)24(38-5)15-23(20)37-4)28(34)29(35)32(26)16-18-8-6-7-9-22(18)36-3/h6-15,26,33H,16H2,1-5H3/b27-25+. The van der Waals surface area contributed by atoms with E-state index in [0.717, 1.165) is 11.3 Å². The molecule has 0 radical (unpaired) electrons. The lowest BCUT2D eigenvalue weighted by Gasteiger charge is -2.26. The Morgan fingerprint density at radius 1 is 0.921 bits per heavy atom. The summed E-state index contributed by atoms with van der Waals surface area (Å²) in [5, 5.41) is 11.7. The Morgan fingerprint density at radius 2 is 1.55 bits per heavy atom. The van der Waals surface area contributed by atoms with Gasteiger partial charge in [0.1, 0.15) is 23.0 Å². The van der Waals surface area contributed by atoms with Crippen molar-refractivity contribution in [1.29, 1.82) is 0 Å². The number of ether oxygens (including phenoxy) is 3. The molecular formula is C29H29ClN2O6. The van der Waals surface area contributed by atoms with Gasteiger partial charge in [-0.3, -0.25) is 9.59 Å². The number of carbonyl (C=O) groups is 2. The number of benzene rings is 3. The third-order valence-electron chi connectivity index (χ3n) is 6.53. The summed E-state index contributed by atoms with van der Waals surface area (Å²) in [6, 6.07) is 16.8. The fourth-order valence-corrected chi connectivity index (χ4v) is 4.79. The van der Waals surface area contributed by atoms with Gasteiger partial charge in [-0.2, -0.15) is 0 Å². The van der Waals surface area contributed by atoms with Crippen LogP contribution < -0.4 is 19.1 Å². The van der Waals surface area contributed by atoms with Gasteiger partial charge in [-0.05, 0) is 29.8 Å². The van der Waals surface area contributed by atoms with Crippen LogP contribution in [-0.4, -0.2) is 57.1 Å². The first-order valence-electron chi connectivity index (χ1n) is 11.8. The molecule has 3 aromatic rings. The summed E-state index contributed by atoms with van der Waals surface area (Å²) in [6.45, 7) is 0.0893. The number of nitrogens with zero attached hydrogens (tertiary/aromatic N) is 2. The minimum Gasteiger partial charge on any atom is -0.507 e. The van der Waals surface area contributed by atoms with Crippen molar-refractivity contribution in [2.24, 2.45) is 0 Å². The molecule has 1 aliphatic rings. The quantitative estimate of drug-likeness (QED) is 0.245. The molecule has 1 fully saturated rings. The van der Waals surface area contributed by atoms with Gasteiger partial charge in [0.2, 0.25) is 0 Å². The molecule has 1 N–H and O–H groups in total. The molecule has 1 heterocycles. The van der Waals surface area contributed by atoms with Gasteiger partial charge >= 0.3 is 0 Å². The first-order valence-corrected chi connectivity index (χ1v) is 12.2. The van der Waals surface area contributed by atoms with Gasteiger partial charge in [-0.15, -0.1) is 0 Å². The summed E-state index contributed by atoms with van der Waals surface area (Å²) >= 11 is 6.35. The summed E-state index contributed by atoms with van der Waals surface area (Å²) in [6.07, 6.45) is 0. The molecule has 4 rings (SSSR count). The molecule has 0 aromatic heterocycles. The van der Waals surface area contributed by atoms with Crippen LogP contribution in [0, 0.1) is 0 Å². The molecule has 1 saturated heterocycles. The molecular weight excluding hydrogens is 508 g/mol. The van der Waals surface area contributed by atoms with Gasteiger partial charge < -0.3 is 29.1 Å². The molecule has 0 aliphatic carbocycles. The lowest BCUT2D eigenvalue weighted by atomic mass is 9.94. The highest BCUT2D eigenvalue weighted by atomic mass is 35.5. The Labute approximate surface area is 226 Å². The van der Waals surface area contributed by atoms with E-state index in [0.29, 0.717) is 17.1 Å². The summed E-state index contributed by atoms with van der Waals surface area (Å²) in [5.74, 6) is -0.784. The van der Waals surface area contributed by atoms with E-state index in [1.54, 1.807) is 13.2 Å². The number of likely N-dealkylation sites (tertiary alicyclic amines) is 1. The molecule has 1 aliphatic heterocycles. The second kappa shape index (κ2) is 11.1. The van der Waals surface area contributed by atoms with Crippen molar-refractivity contribution >= 4 is 34.7 Å². The van der Waals surface area contributed by atoms with Crippen LogP contribution in [0.4, 0.5) is 5.69 Å². The Kier molecular flexibility index (Phi) is 7.83. The van der Waals surface area contributed by atoms with Gasteiger partial charge in [-0.25, -0.2) is 0 Å². The van der Waals surface area contributed by atoms with Crippen LogP contribution >= 0.6 is 11.6 Å². The van der Waals surface area contributed by atoms with E-state index in [-0.39, 0.29) is 28.5 Å². The highest BCUT2D eigenvalue weighted by Gasteiger charge is 2.46. The second-order valence-corrected chi connectivity index (χ2v) is 9.32. The molecule has 3 aromatic carbocycles. The topological polar surface area (TPSA) is 88.5 Å². The number of halogens is 1. The van der Waals surface area contributed by atoms with Crippen molar-refractivity contribution in [1.82, 2.24) is 4.90 Å². The van der Waals surface area contributed by atoms with Crippen LogP contribution in [0.25, 0.3) is 5.76 Å². The van der Waals surface area contributed by atoms with Crippen molar-refractivity contribution in [3.05, 3.63) is 87.9 Å². The van der Waals surface area contributed by atoms with Crippen LogP contribution in [0.2, 0.25) is 5.02 Å². The lowest BCUT2D eigenvalue weighted by Crippen LogP contribution is -2.29. The van der Waals surface area contributed by atoms with Crippen molar-refractivity contribution in [3.63, 3.8) is 0 Å². The van der Waals surface area contributed by atoms with Crippen LogP contribution in [-0.2, 0) is 16.1 Å². The number of aliphatic hydroxyl groups is 1. The van der Waals surface area contributed by atoms with Crippen molar-refractivity contribution in [3.8, 4) is 17.2 Å². The predicted octanol–water partition coefficient (Wildman–Crippen LogP) is 5.05. The largest absolute Gasteiger partial charge is 0.507 e. The van der Waals surface area contributed by atoms with E-state index in [1.165, 1.54) is 31.3 Å². The molecule has 38 heavy (non-hydrogen) atoms. The van der Waals surface area contributed by atoms with Gasteiger partial charge in [0.25, 0.3) is 11.7 Å². The molecule has 198 valence electrons. The zero-order valence-electron chi connectivity index (χ0n) is 21.8. The third kappa shape index (κ3) is 4.87. The van der Waals surface area contributed by atoms with Gasteiger partial charge in [0, 0.05) is 31.4 Å². The molecule has 0 spiro atoms. The number of hydrogen-bond acceptors (Lipinski definition) is 7. The average Bonchev–Trinajstić information content (AvgIpc) is 3.17. The fraction of sp³-hybridized carbons (Fsp3) is 0.241. The van der Waals surface area contributed by atoms with Crippen molar-refractivity contribution in [2.45, 2.75) is 12.6 Å². The highest BCUT2D eigenvalue weighted by molar-refractivity contribution is 6.46. The Hall–Kier alpha value is -4.17. The number of methoxy groups -OCH3 is 3. The lowest BCUT2D eigenvalue weighted by molar-refractivity contribution is -0.140. The van der Waals surface area contributed by atoms with Crippen molar-refractivity contribution in [2.75, 3.05) is 40.3 Å². The number of aliphatic hydroxyl groups excluding tert-OH is 1. The third-order valence-corrected chi connectivity index (χ3v) is 6.82. The Morgan fingerprint density at radius 3 is 2.16 bits per heavy atom. The number of carbonyl (C=O) groups excluding carboxylic acids is 2. The van der Waals surface area contributed by atoms with E-state index in [4.69, 9.17) is 25.8 Å². The molecule has 0 bridgehead atoms. The Balaban J connectivity index is 1.92. The number of amides is 1. The van der Waals surface area contributed by atoms with Crippen LogP contribution in [0.1, 0.15) is 22.7 Å². The number of hydrogen-bond donors (Lipinski definition) is 1. The molecule has 1 amide bonds. The van der Waals surface area contributed by atoms with Gasteiger partial charge in [-0.1, -0.05) is 41.9 Å². The number of ketones is 1. The number of anilines is 1. The van der Waals surface area contributed by atoms with E-state index in [9.17, 15) is 14.7 Å². The van der Waals surface area contributed by atoms with Gasteiger partial charge in [0.05, 0.1) is 50.1 Å². The SMILES string of the molecule is COc1cc(OC)c(/C(O)=C2\C(=O)C(=O)N(Cc3ccccc3OC)C2c2ccc(N(C)C)cc2)cc1Cl. The van der Waals surface area contributed by atoms with E-state index in [2.05, 4.69) is 0 Å². The van der Waals surface area contributed by atoms with E-state index >= 15 is 0 Å². The maximum atomic E-state index is 13.5. The molecule has 1 unspecified atom stereocenters. The predicted molar refractivity (Wildman–Crippen MR) is 146 cm³/mol. The van der Waals surface area contributed by atoms with Crippen LogP contribution in [0.3, 0.4) is 0 Å². The Bertz CT molecular complexity index is 1400. The molecule has 0 saturated carbocycles. The molecule has 8 nitrogen and oxygen atoms in total. The zero-order valence-corrected chi connectivity index (χ0v) is 22.6. The molecule has 1 atom stereocenters. The van der Waals surface area contributed by atoms with Crippen molar-refractivity contribution < 1.29 is 28.9 Å². The summed E-state index contributed by atoms with van der Waals surface area (Å²) in [4.78, 5) is 30.3. The summed E-state index contributed by atoms with van der Waals surface area (Å²) in [7, 11) is 8.27. The second-order valence-electron chi connectivity index (χ2n) is 8.91. The van der Waals surface area contributed by atoms with Gasteiger partial charge in [0.15, 0.2) is 0 Å². The maximum Gasteiger partial charge on any atom is 0.295 e. The number of rotatable bonds is 8. The average molecular weight is 537 g/mol. The smallest absolute Gasteiger partial charge is 0.295 e. The summed E-state index contributed by atoms with van der Waals surface area (Å²) in [5.41, 5.74) is 2.42. The summed E-state index contributed by atoms with van der Waals surface area (Å²) < 4.78 is 16.2. The number of Topliss-reactive ketones (excluding diaryl/α,β-unsaturated/α-hetero) is 1.